The number of likely N-dealkylation sites (N-methyl/N-ethyl adjacent to an activating group) is 1. The average molecular weight is 342 g/mol. The molecule has 6 nitrogen and oxygen atoms in total. The van der Waals surface area contributed by atoms with E-state index in [1.807, 2.05) is 6.07 Å². The van der Waals surface area contributed by atoms with Crippen LogP contribution in [-0.4, -0.2) is 36.5 Å². The molecule has 0 bridgehead atoms. The van der Waals surface area contributed by atoms with Gasteiger partial charge >= 0.3 is 0 Å². The number of hydrogen-bond acceptors (Lipinski definition) is 4. The smallest absolute Gasteiger partial charge is 0.261 e. The highest BCUT2D eigenvalue weighted by Crippen LogP contribution is 2.24. The van der Waals surface area contributed by atoms with Gasteiger partial charge in [0, 0.05) is 13.1 Å². The van der Waals surface area contributed by atoms with E-state index in [9.17, 15) is 8.42 Å². The Kier molecular flexibility index (Phi) is 3.54. The van der Waals surface area contributed by atoms with Crippen molar-refractivity contribution in [2.45, 2.75) is 18.0 Å². The summed E-state index contributed by atoms with van der Waals surface area (Å²) in [5.41, 5.74) is 2.38. The average Bonchev–Trinajstić information content (AvgIpc) is 2.91. The summed E-state index contributed by atoms with van der Waals surface area (Å²) in [5, 5.41) is 0. The van der Waals surface area contributed by atoms with Gasteiger partial charge in [0.2, 0.25) is 0 Å². The fraction of sp³-hybridized carbons (Fsp3) is 0.235. The van der Waals surface area contributed by atoms with E-state index in [4.69, 9.17) is 0 Å². The van der Waals surface area contributed by atoms with Crippen molar-refractivity contribution in [3.63, 3.8) is 0 Å². The Balaban J connectivity index is 1.69. The van der Waals surface area contributed by atoms with Crippen molar-refractivity contribution in [3.8, 4) is 0 Å². The molecular formula is C17H18N4O2S. The summed E-state index contributed by atoms with van der Waals surface area (Å²) in [6, 6.07) is 13.9. The van der Waals surface area contributed by atoms with Crippen LogP contribution < -0.4 is 4.72 Å². The number of rotatable bonds is 3. The summed E-state index contributed by atoms with van der Waals surface area (Å²) in [6.45, 7) is 2.69. The second-order valence-corrected chi connectivity index (χ2v) is 7.72. The lowest BCUT2D eigenvalue weighted by Crippen LogP contribution is -2.30. The van der Waals surface area contributed by atoms with Crippen molar-refractivity contribution < 1.29 is 8.42 Å². The fourth-order valence-electron chi connectivity index (χ4n) is 3.02. The first-order valence-electron chi connectivity index (χ1n) is 7.78. The van der Waals surface area contributed by atoms with Crippen LogP contribution in [0.5, 0.6) is 0 Å². The summed E-state index contributed by atoms with van der Waals surface area (Å²) >= 11 is 0. The molecule has 1 aliphatic heterocycles. The van der Waals surface area contributed by atoms with Gasteiger partial charge in [-0.05, 0) is 37.4 Å². The third-order valence-corrected chi connectivity index (χ3v) is 5.65. The molecular weight excluding hydrogens is 324 g/mol. The molecule has 124 valence electrons. The second kappa shape index (κ2) is 5.61. The number of nitrogens with zero attached hydrogens (tertiary/aromatic N) is 3. The maximum absolute atomic E-state index is 12.4. The summed E-state index contributed by atoms with van der Waals surface area (Å²) in [6.07, 6.45) is 0. The minimum absolute atomic E-state index is 0.246. The number of sulfonamides is 1. The number of imidazole rings is 1. The lowest BCUT2D eigenvalue weighted by Gasteiger charge is -2.23. The number of benzene rings is 2. The molecule has 7 heteroatoms. The molecule has 4 rings (SSSR count). The minimum atomic E-state index is -3.59. The van der Waals surface area contributed by atoms with Gasteiger partial charge in [-0.25, -0.2) is 13.4 Å². The Morgan fingerprint density at radius 2 is 1.88 bits per heavy atom. The van der Waals surface area contributed by atoms with Crippen LogP contribution in [0.4, 0.5) is 5.69 Å². The van der Waals surface area contributed by atoms with E-state index >= 15 is 0 Å². The van der Waals surface area contributed by atoms with E-state index in [2.05, 4.69) is 26.2 Å². The Morgan fingerprint density at radius 1 is 1.08 bits per heavy atom. The van der Waals surface area contributed by atoms with Crippen LogP contribution in [0.3, 0.4) is 0 Å². The van der Waals surface area contributed by atoms with Gasteiger partial charge in [-0.1, -0.05) is 18.2 Å². The lowest BCUT2D eigenvalue weighted by atomic mass is 10.3. The Bertz CT molecular complexity index is 996. The van der Waals surface area contributed by atoms with E-state index in [1.54, 1.807) is 42.5 Å². The first-order chi connectivity index (χ1) is 11.5. The molecule has 24 heavy (non-hydrogen) atoms. The van der Waals surface area contributed by atoms with Crippen molar-refractivity contribution in [3.05, 3.63) is 54.4 Å². The summed E-state index contributed by atoms with van der Waals surface area (Å²) in [5.74, 6) is 1.02. The van der Waals surface area contributed by atoms with E-state index in [-0.39, 0.29) is 4.90 Å². The van der Waals surface area contributed by atoms with Crippen LogP contribution in [0.15, 0.2) is 53.4 Å². The molecule has 2 aromatic carbocycles. The molecule has 0 amide bonds. The van der Waals surface area contributed by atoms with Crippen LogP contribution in [0.25, 0.3) is 11.0 Å². The molecule has 3 aromatic rings. The maximum Gasteiger partial charge on any atom is 0.261 e. The summed E-state index contributed by atoms with van der Waals surface area (Å²) < 4.78 is 29.7. The highest BCUT2D eigenvalue weighted by atomic mass is 32.2. The predicted octanol–water partition coefficient (Wildman–Crippen LogP) is 2.28. The van der Waals surface area contributed by atoms with Gasteiger partial charge in [0.05, 0.1) is 28.2 Å². The highest BCUT2D eigenvalue weighted by molar-refractivity contribution is 7.92. The van der Waals surface area contributed by atoms with E-state index in [0.717, 1.165) is 36.5 Å². The van der Waals surface area contributed by atoms with Crippen molar-refractivity contribution in [1.29, 1.82) is 0 Å². The first kappa shape index (κ1) is 15.2. The number of aromatic nitrogens is 2. The molecule has 0 unspecified atom stereocenters. The largest absolute Gasteiger partial charge is 0.326 e. The van der Waals surface area contributed by atoms with Gasteiger partial charge in [0.1, 0.15) is 5.82 Å². The summed E-state index contributed by atoms with van der Waals surface area (Å²) in [7, 11) is -1.51. The Morgan fingerprint density at radius 3 is 2.67 bits per heavy atom. The molecule has 0 saturated heterocycles. The van der Waals surface area contributed by atoms with Crippen molar-refractivity contribution in [2.75, 3.05) is 18.3 Å². The molecule has 1 aromatic heterocycles. The molecule has 0 aliphatic carbocycles. The van der Waals surface area contributed by atoms with E-state index < -0.39 is 10.0 Å². The van der Waals surface area contributed by atoms with Crippen LogP contribution in [-0.2, 0) is 23.1 Å². The van der Waals surface area contributed by atoms with Crippen molar-refractivity contribution in [2.24, 2.45) is 0 Å². The molecule has 1 aliphatic rings. The van der Waals surface area contributed by atoms with Gasteiger partial charge in [-0.15, -0.1) is 0 Å². The molecule has 0 atom stereocenters. The third kappa shape index (κ3) is 2.65. The van der Waals surface area contributed by atoms with Crippen LogP contribution in [0.1, 0.15) is 5.82 Å². The number of nitrogens with one attached hydrogen (secondary N) is 1. The second-order valence-electron chi connectivity index (χ2n) is 6.04. The molecule has 0 radical (unpaired) electrons. The van der Waals surface area contributed by atoms with E-state index in [1.165, 1.54) is 0 Å². The van der Waals surface area contributed by atoms with Gasteiger partial charge in [-0.3, -0.25) is 9.62 Å². The van der Waals surface area contributed by atoms with Crippen molar-refractivity contribution in [1.82, 2.24) is 14.5 Å². The highest BCUT2D eigenvalue weighted by Gasteiger charge is 2.19. The number of fused-ring (bicyclic) bond motifs is 3. The van der Waals surface area contributed by atoms with Crippen molar-refractivity contribution >= 4 is 26.7 Å². The van der Waals surface area contributed by atoms with Gasteiger partial charge < -0.3 is 4.57 Å². The molecule has 0 fully saturated rings. The number of anilines is 1. The minimum Gasteiger partial charge on any atom is -0.326 e. The SMILES string of the molecule is CN1CCn2c(nc3cc(NS(=O)(=O)c4ccccc4)ccc32)C1. The fourth-order valence-corrected chi connectivity index (χ4v) is 4.09. The Hall–Kier alpha value is -2.38. The van der Waals surface area contributed by atoms with Crippen LogP contribution in [0, 0.1) is 0 Å². The predicted molar refractivity (Wildman–Crippen MR) is 93.3 cm³/mol. The number of hydrogen-bond donors (Lipinski definition) is 1. The molecule has 0 spiro atoms. The first-order valence-corrected chi connectivity index (χ1v) is 9.27. The zero-order valence-corrected chi connectivity index (χ0v) is 14.1. The van der Waals surface area contributed by atoms with E-state index in [0.29, 0.717) is 5.69 Å². The Labute approximate surface area is 140 Å². The van der Waals surface area contributed by atoms with Gasteiger partial charge in [0.15, 0.2) is 0 Å². The lowest BCUT2D eigenvalue weighted by molar-refractivity contribution is 0.267. The zero-order chi connectivity index (χ0) is 16.7. The zero-order valence-electron chi connectivity index (χ0n) is 13.3. The quantitative estimate of drug-likeness (QED) is 0.793. The normalized spacial score (nSPS) is 15.4. The molecule has 0 saturated carbocycles. The summed E-state index contributed by atoms with van der Waals surface area (Å²) in [4.78, 5) is 7.12. The third-order valence-electron chi connectivity index (χ3n) is 4.25. The molecule has 1 N–H and O–H groups in total. The van der Waals surface area contributed by atoms with Crippen LogP contribution >= 0.6 is 0 Å². The molecule has 2 heterocycles. The topological polar surface area (TPSA) is 67.2 Å². The van der Waals surface area contributed by atoms with Gasteiger partial charge in [-0.2, -0.15) is 0 Å². The standard InChI is InChI=1S/C17H18N4O2S/c1-20-9-10-21-16-8-7-13(11-15(16)18-17(21)12-20)19-24(22,23)14-5-3-2-4-6-14/h2-8,11,19H,9-10,12H2,1H3. The van der Waals surface area contributed by atoms with Gasteiger partial charge in [0.25, 0.3) is 10.0 Å². The van der Waals surface area contributed by atoms with Crippen LogP contribution in [0.2, 0.25) is 0 Å². The maximum atomic E-state index is 12.4. The monoisotopic (exact) mass is 342 g/mol.